The average Bonchev–Trinajstić information content (AvgIpc) is 3.11. The summed E-state index contributed by atoms with van der Waals surface area (Å²) >= 11 is 0. The summed E-state index contributed by atoms with van der Waals surface area (Å²) in [5.74, 6) is 1.52. The van der Waals surface area contributed by atoms with Gasteiger partial charge in [-0.1, -0.05) is 26.0 Å². The molecule has 1 unspecified atom stereocenters. The third-order valence-corrected chi connectivity index (χ3v) is 6.01. The molecule has 4 heteroatoms. The lowest BCUT2D eigenvalue weighted by atomic mass is 9.79. The third-order valence-electron chi connectivity index (χ3n) is 6.01. The molecule has 2 heterocycles. The normalized spacial score (nSPS) is 19.1. The first-order chi connectivity index (χ1) is 13.2. The van der Waals surface area contributed by atoms with Gasteiger partial charge in [-0.2, -0.15) is 0 Å². The molecule has 2 N–H and O–H groups in total. The van der Waals surface area contributed by atoms with Crippen molar-refractivity contribution in [2.75, 3.05) is 20.8 Å². The van der Waals surface area contributed by atoms with E-state index in [4.69, 9.17) is 9.47 Å². The van der Waals surface area contributed by atoms with Crippen molar-refractivity contribution in [3.63, 3.8) is 0 Å². The van der Waals surface area contributed by atoms with E-state index in [0.29, 0.717) is 0 Å². The molecule has 3 aromatic rings. The van der Waals surface area contributed by atoms with Crippen molar-refractivity contribution >= 4 is 10.9 Å². The van der Waals surface area contributed by atoms with Crippen LogP contribution in [-0.2, 0) is 18.4 Å². The van der Waals surface area contributed by atoms with Gasteiger partial charge < -0.3 is 19.8 Å². The summed E-state index contributed by atoms with van der Waals surface area (Å²) < 4.78 is 11.0. The van der Waals surface area contributed by atoms with Crippen LogP contribution in [0.3, 0.4) is 0 Å². The summed E-state index contributed by atoms with van der Waals surface area (Å²) in [6.45, 7) is 5.40. The van der Waals surface area contributed by atoms with Crippen LogP contribution < -0.4 is 14.8 Å². The predicted molar refractivity (Wildman–Crippen MR) is 110 cm³/mol. The maximum Gasteiger partial charge on any atom is 0.161 e. The van der Waals surface area contributed by atoms with Gasteiger partial charge in [-0.05, 0) is 60.2 Å². The molecule has 1 aliphatic rings. The number of hydrogen-bond donors (Lipinski definition) is 2. The van der Waals surface area contributed by atoms with E-state index >= 15 is 0 Å². The van der Waals surface area contributed by atoms with Crippen molar-refractivity contribution < 1.29 is 9.47 Å². The number of methoxy groups -OCH3 is 2. The number of fused-ring (bicyclic) bond motifs is 3. The van der Waals surface area contributed by atoms with Crippen molar-refractivity contribution in [3.05, 3.63) is 58.8 Å². The second-order valence-electron chi connectivity index (χ2n) is 7.22. The zero-order valence-corrected chi connectivity index (χ0v) is 16.6. The monoisotopic (exact) mass is 364 g/mol. The summed E-state index contributed by atoms with van der Waals surface area (Å²) in [7, 11) is 3.36. The molecule has 1 aromatic heterocycles. The number of hydrogen-bond acceptors (Lipinski definition) is 3. The van der Waals surface area contributed by atoms with E-state index in [2.05, 4.69) is 54.5 Å². The summed E-state index contributed by atoms with van der Waals surface area (Å²) in [6.07, 6.45) is 3.04. The minimum absolute atomic E-state index is 0.251. The van der Waals surface area contributed by atoms with Crippen molar-refractivity contribution in [1.29, 1.82) is 0 Å². The second-order valence-corrected chi connectivity index (χ2v) is 7.22. The summed E-state index contributed by atoms with van der Waals surface area (Å²) in [5.41, 5.74) is 6.28. The van der Waals surface area contributed by atoms with Gasteiger partial charge >= 0.3 is 0 Å². The van der Waals surface area contributed by atoms with Gasteiger partial charge in [-0.3, -0.25) is 0 Å². The Morgan fingerprint density at radius 3 is 2.52 bits per heavy atom. The van der Waals surface area contributed by atoms with Crippen LogP contribution in [0.2, 0.25) is 0 Å². The van der Waals surface area contributed by atoms with E-state index < -0.39 is 0 Å². The molecule has 0 bridgehead atoms. The summed E-state index contributed by atoms with van der Waals surface area (Å²) in [4.78, 5) is 3.74. The van der Waals surface area contributed by atoms with Crippen molar-refractivity contribution in [3.8, 4) is 11.5 Å². The molecule has 4 rings (SSSR count). The molecule has 142 valence electrons. The molecule has 0 fully saturated rings. The van der Waals surface area contributed by atoms with Crippen LogP contribution in [0.25, 0.3) is 10.9 Å². The molecule has 0 saturated carbocycles. The van der Waals surface area contributed by atoms with Crippen molar-refractivity contribution in [2.45, 2.75) is 38.6 Å². The minimum atomic E-state index is -0.251. The maximum atomic E-state index is 5.57. The van der Waals surface area contributed by atoms with Crippen LogP contribution in [0.1, 0.15) is 42.7 Å². The smallest absolute Gasteiger partial charge is 0.161 e. The van der Waals surface area contributed by atoms with E-state index in [0.717, 1.165) is 37.3 Å². The standard InChI is InChI=1S/C23H28N2O2/c1-5-15-7-9-19-18(13-15)17-11-12-24-23(6-2,22(17)25-19)16-8-10-20(26-3)21(14-16)27-4/h7-10,13-14,24-25H,5-6,11-12H2,1-4H3. The van der Waals surface area contributed by atoms with Crippen LogP contribution in [0.4, 0.5) is 0 Å². The van der Waals surface area contributed by atoms with Gasteiger partial charge in [0, 0.05) is 23.1 Å². The largest absolute Gasteiger partial charge is 0.493 e. The van der Waals surface area contributed by atoms with Crippen molar-refractivity contribution in [1.82, 2.24) is 10.3 Å². The number of aryl methyl sites for hydroxylation is 1. The van der Waals surface area contributed by atoms with E-state index in [1.165, 1.54) is 33.3 Å². The van der Waals surface area contributed by atoms with E-state index in [1.54, 1.807) is 14.2 Å². The first kappa shape index (κ1) is 17.9. The Bertz CT molecular complexity index is 976. The lowest BCUT2D eigenvalue weighted by molar-refractivity contribution is 0.342. The van der Waals surface area contributed by atoms with Crippen LogP contribution in [0, 0.1) is 0 Å². The molecule has 27 heavy (non-hydrogen) atoms. The number of nitrogens with one attached hydrogen (secondary N) is 2. The maximum absolute atomic E-state index is 5.57. The molecule has 4 nitrogen and oxygen atoms in total. The fourth-order valence-electron chi connectivity index (χ4n) is 4.48. The van der Waals surface area contributed by atoms with E-state index in [-0.39, 0.29) is 5.54 Å². The van der Waals surface area contributed by atoms with Crippen LogP contribution in [0.15, 0.2) is 36.4 Å². The fourth-order valence-corrected chi connectivity index (χ4v) is 4.48. The van der Waals surface area contributed by atoms with Gasteiger partial charge in [0.15, 0.2) is 11.5 Å². The SMILES string of the molecule is CCc1ccc2[nH]c3c(c2c1)CCNC3(CC)c1ccc(OC)c(OC)c1. The Morgan fingerprint density at radius 1 is 1.00 bits per heavy atom. The number of ether oxygens (including phenoxy) is 2. The van der Waals surface area contributed by atoms with Crippen molar-refractivity contribution in [2.24, 2.45) is 0 Å². The van der Waals surface area contributed by atoms with Crippen LogP contribution >= 0.6 is 0 Å². The van der Waals surface area contributed by atoms with Gasteiger partial charge in [0.25, 0.3) is 0 Å². The molecule has 0 spiro atoms. The molecular weight excluding hydrogens is 336 g/mol. The topological polar surface area (TPSA) is 46.3 Å². The van der Waals surface area contributed by atoms with Crippen LogP contribution in [0.5, 0.6) is 11.5 Å². The second kappa shape index (κ2) is 6.93. The quantitative estimate of drug-likeness (QED) is 0.698. The van der Waals surface area contributed by atoms with Gasteiger partial charge in [-0.25, -0.2) is 0 Å². The van der Waals surface area contributed by atoms with Gasteiger partial charge in [0.05, 0.1) is 19.8 Å². The molecule has 0 saturated heterocycles. The zero-order valence-electron chi connectivity index (χ0n) is 16.6. The third kappa shape index (κ3) is 2.71. The Labute approximate surface area is 160 Å². The van der Waals surface area contributed by atoms with E-state index in [9.17, 15) is 0 Å². The van der Waals surface area contributed by atoms with Gasteiger partial charge in [0.1, 0.15) is 0 Å². The molecule has 1 aliphatic heterocycles. The predicted octanol–water partition coefficient (Wildman–Crippen LogP) is 4.55. The highest BCUT2D eigenvalue weighted by Gasteiger charge is 2.39. The van der Waals surface area contributed by atoms with Gasteiger partial charge in [-0.15, -0.1) is 0 Å². The summed E-state index contributed by atoms with van der Waals surface area (Å²) in [6, 6.07) is 13.1. The number of aromatic nitrogens is 1. The highest BCUT2D eigenvalue weighted by molar-refractivity contribution is 5.86. The Hall–Kier alpha value is -2.46. The summed E-state index contributed by atoms with van der Waals surface area (Å²) in [5, 5.41) is 5.17. The zero-order chi connectivity index (χ0) is 19.0. The molecule has 2 aromatic carbocycles. The average molecular weight is 364 g/mol. The number of aromatic amines is 1. The Morgan fingerprint density at radius 2 is 1.81 bits per heavy atom. The molecule has 0 aliphatic carbocycles. The first-order valence-electron chi connectivity index (χ1n) is 9.78. The number of H-pyrrole nitrogens is 1. The first-order valence-corrected chi connectivity index (χ1v) is 9.78. The Balaban J connectivity index is 1.93. The lowest BCUT2D eigenvalue weighted by Crippen LogP contribution is -2.47. The van der Waals surface area contributed by atoms with Gasteiger partial charge in [0.2, 0.25) is 0 Å². The lowest BCUT2D eigenvalue weighted by Gasteiger charge is -2.38. The minimum Gasteiger partial charge on any atom is -0.493 e. The number of benzene rings is 2. The molecule has 0 radical (unpaired) electrons. The highest BCUT2D eigenvalue weighted by Crippen LogP contribution is 2.42. The molecule has 1 atom stereocenters. The highest BCUT2D eigenvalue weighted by atomic mass is 16.5. The Kier molecular flexibility index (Phi) is 4.60. The van der Waals surface area contributed by atoms with E-state index in [1.807, 2.05) is 6.07 Å². The fraction of sp³-hybridized carbons (Fsp3) is 0.391. The van der Waals surface area contributed by atoms with Crippen LogP contribution in [-0.4, -0.2) is 25.7 Å². The molecule has 0 amide bonds. The molecular formula is C23H28N2O2. The number of rotatable bonds is 5.